The van der Waals surface area contributed by atoms with Gasteiger partial charge in [0.2, 0.25) is 17.6 Å². The van der Waals surface area contributed by atoms with Gasteiger partial charge in [0.25, 0.3) is 5.91 Å². The van der Waals surface area contributed by atoms with Crippen molar-refractivity contribution in [3.05, 3.63) is 101 Å². The normalized spacial score (nSPS) is 14.2. The van der Waals surface area contributed by atoms with Gasteiger partial charge in [0.05, 0.1) is 17.8 Å². The van der Waals surface area contributed by atoms with E-state index in [1.54, 1.807) is 12.1 Å². The van der Waals surface area contributed by atoms with Crippen LogP contribution in [-0.4, -0.2) is 46.5 Å². The second kappa shape index (κ2) is 12.5. The van der Waals surface area contributed by atoms with E-state index in [9.17, 15) is 9.59 Å². The molecule has 4 aromatic rings. The van der Waals surface area contributed by atoms with Crippen molar-refractivity contribution in [2.45, 2.75) is 32.7 Å². The third kappa shape index (κ3) is 6.97. The fraction of sp³-hybridized carbons (Fsp3) is 0.290. The third-order valence-electron chi connectivity index (χ3n) is 7.07. The maximum Gasteiger partial charge on any atom is 0.253 e. The minimum absolute atomic E-state index is 0.0568. The molecule has 2 heterocycles. The number of nitrogens with one attached hydrogen (secondary N) is 2. The second-order valence-corrected chi connectivity index (χ2v) is 9.95. The number of hydrogen-bond donors (Lipinski definition) is 2. The summed E-state index contributed by atoms with van der Waals surface area (Å²) < 4.78 is 5.47. The van der Waals surface area contributed by atoms with Crippen molar-refractivity contribution >= 4 is 17.5 Å². The Morgan fingerprint density at radius 3 is 2.44 bits per heavy atom. The first-order valence-electron chi connectivity index (χ1n) is 13.4. The van der Waals surface area contributed by atoms with Crippen LogP contribution in [0.25, 0.3) is 11.4 Å². The molecule has 0 saturated carbocycles. The fourth-order valence-electron chi connectivity index (χ4n) is 4.77. The van der Waals surface area contributed by atoms with Gasteiger partial charge in [-0.3, -0.25) is 14.5 Å². The van der Waals surface area contributed by atoms with Crippen molar-refractivity contribution in [2.75, 3.05) is 25.0 Å². The highest BCUT2D eigenvalue weighted by Gasteiger charge is 2.27. The molecule has 0 aliphatic carbocycles. The molecular weight excluding hydrogens is 490 g/mol. The minimum atomic E-state index is -0.193. The van der Waals surface area contributed by atoms with Gasteiger partial charge in [-0.05, 0) is 57.0 Å². The number of likely N-dealkylation sites (tertiary alicyclic amines) is 1. The fourth-order valence-corrected chi connectivity index (χ4v) is 4.77. The Morgan fingerprint density at radius 1 is 0.949 bits per heavy atom. The highest BCUT2D eigenvalue weighted by atomic mass is 16.5. The lowest BCUT2D eigenvalue weighted by Crippen LogP contribution is -2.38. The first-order valence-corrected chi connectivity index (χ1v) is 13.4. The van der Waals surface area contributed by atoms with E-state index in [0.717, 1.165) is 43.5 Å². The molecule has 0 spiro atoms. The van der Waals surface area contributed by atoms with Crippen LogP contribution in [0.4, 0.5) is 5.69 Å². The molecule has 1 fully saturated rings. The van der Waals surface area contributed by atoms with Crippen LogP contribution in [0.2, 0.25) is 0 Å². The van der Waals surface area contributed by atoms with Gasteiger partial charge in [0.15, 0.2) is 0 Å². The lowest BCUT2D eigenvalue weighted by atomic mass is 9.95. The van der Waals surface area contributed by atoms with Crippen molar-refractivity contribution in [3.8, 4) is 11.4 Å². The molecule has 1 aliphatic heterocycles. The SMILES string of the molecule is Cc1ccc(-c2noc(CN3CCC(C(=O)Nc4ccccc4C(=O)NCCc4ccccc4)CC3)n2)cc1. The smallest absolute Gasteiger partial charge is 0.253 e. The Hall–Kier alpha value is -4.30. The highest BCUT2D eigenvalue weighted by Crippen LogP contribution is 2.23. The number of aryl methyl sites for hydroxylation is 1. The van der Waals surface area contributed by atoms with Crippen LogP contribution in [0.15, 0.2) is 83.4 Å². The van der Waals surface area contributed by atoms with Crippen molar-refractivity contribution in [1.29, 1.82) is 0 Å². The van der Waals surface area contributed by atoms with E-state index in [-0.39, 0.29) is 17.7 Å². The summed E-state index contributed by atoms with van der Waals surface area (Å²) in [5, 5.41) is 10.1. The maximum atomic E-state index is 13.1. The van der Waals surface area contributed by atoms with Gasteiger partial charge in [-0.2, -0.15) is 4.98 Å². The predicted octanol–water partition coefficient (Wildman–Crippen LogP) is 4.87. The predicted molar refractivity (Wildman–Crippen MR) is 150 cm³/mol. The Balaban J connectivity index is 1.10. The highest BCUT2D eigenvalue weighted by molar-refractivity contribution is 6.04. The van der Waals surface area contributed by atoms with Crippen LogP contribution in [0.1, 0.15) is 40.2 Å². The Morgan fingerprint density at radius 2 is 1.67 bits per heavy atom. The van der Waals surface area contributed by atoms with E-state index in [2.05, 4.69) is 25.7 Å². The van der Waals surface area contributed by atoms with Crippen LogP contribution in [0.5, 0.6) is 0 Å². The number of carbonyl (C=O) groups excluding carboxylic acids is 2. The molecule has 200 valence electrons. The number of anilines is 1. The van der Waals surface area contributed by atoms with Crippen molar-refractivity contribution in [2.24, 2.45) is 5.92 Å². The van der Waals surface area contributed by atoms with Gasteiger partial charge in [0.1, 0.15) is 0 Å². The van der Waals surface area contributed by atoms with E-state index >= 15 is 0 Å². The van der Waals surface area contributed by atoms with Crippen LogP contribution in [0, 0.1) is 12.8 Å². The molecule has 2 N–H and O–H groups in total. The molecule has 39 heavy (non-hydrogen) atoms. The summed E-state index contributed by atoms with van der Waals surface area (Å²) in [6.45, 7) is 4.62. The molecule has 0 unspecified atom stereocenters. The van der Waals surface area contributed by atoms with Crippen LogP contribution >= 0.6 is 0 Å². The van der Waals surface area contributed by atoms with Crippen LogP contribution in [0.3, 0.4) is 0 Å². The molecule has 5 rings (SSSR count). The first kappa shape index (κ1) is 26.3. The zero-order chi connectivity index (χ0) is 27.0. The molecule has 3 aromatic carbocycles. The lowest BCUT2D eigenvalue weighted by molar-refractivity contribution is -0.121. The first-order chi connectivity index (χ1) is 19.0. The van der Waals surface area contributed by atoms with E-state index in [1.165, 1.54) is 5.56 Å². The standard InChI is InChI=1S/C31H33N5O3/c1-22-11-13-24(14-12-22)29-34-28(39-35-29)21-36-19-16-25(17-20-36)30(37)33-27-10-6-5-9-26(27)31(38)32-18-15-23-7-3-2-4-8-23/h2-14,25H,15-21H2,1H3,(H,32,38)(H,33,37). The monoisotopic (exact) mass is 523 g/mol. The molecular formula is C31H33N5O3. The summed E-state index contributed by atoms with van der Waals surface area (Å²) in [7, 11) is 0. The second-order valence-electron chi connectivity index (χ2n) is 9.95. The summed E-state index contributed by atoms with van der Waals surface area (Å²) in [5.41, 5.74) is 4.28. The molecule has 2 amide bonds. The van der Waals surface area contributed by atoms with Gasteiger partial charge < -0.3 is 15.2 Å². The van der Waals surface area contributed by atoms with Gasteiger partial charge in [-0.25, -0.2) is 0 Å². The van der Waals surface area contributed by atoms with Crippen LogP contribution < -0.4 is 10.6 Å². The van der Waals surface area contributed by atoms with E-state index in [4.69, 9.17) is 4.52 Å². The number of rotatable bonds is 9. The average molecular weight is 524 g/mol. The quantitative estimate of drug-likeness (QED) is 0.325. The zero-order valence-corrected chi connectivity index (χ0v) is 22.1. The average Bonchev–Trinajstić information content (AvgIpc) is 3.43. The van der Waals surface area contributed by atoms with E-state index in [1.807, 2.05) is 73.7 Å². The van der Waals surface area contributed by atoms with Crippen LogP contribution in [-0.2, 0) is 17.8 Å². The van der Waals surface area contributed by atoms with Gasteiger partial charge in [0, 0.05) is 18.0 Å². The molecule has 0 atom stereocenters. The Labute approximate surface area is 228 Å². The lowest BCUT2D eigenvalue weighted by Gasteiger charge is -2.30. The number of para-hydroxylation sites is 1. The van der Waals surface area contributed by atoms with Crippen molar-refractivity contribution in [3.63, 3.8) is 0 Å². The van der Waals surface area contributed by atoms with Gasteiger partial charge in [-0.1, -0.05) is 77.5 Å². The van der Waals surface area contributed by atoms with Gasteiger partial charge >= 0.3 is 0 Å². The zero-order valence-electron chi connectivity index (χ0n) is 22.1. The molecule has 8 heteroatoms. The summed E-state index contributed by atoms with van der Waals surface area (Å²) in [4.78, 5) is 32.7. The maximum absolute atomic E-state index is 13.1. The largest absolute Gasteiger partial charge is 0.352 e. The van der Waals surface area contributed by atoms with Gasteiger partial charge in [-0.15, -0.1) is 0 Å². The number of nitrogens with zero attached hydrogens (tertiary/aromatic N) is 3. The number of aromatic nitrogens is 2. The number of hydrogen-bond acceptors (Lipinski definition) is 6. The minimum Gasteiger partial charge on any atom is -0.352 e. The molecule has 1 aliphatic rings. The summed E-state index contributed by atoms with van der Waals surface area (Å²) in [6, 6.07) is 25.2. The molecule has 1 aromatic heterocycles. The Bertz CT molecular complexity index is 1390. The number of carbonyl (C=O) groups is 2. The summed E-state index contributed by atoms with van der Waals surface area (Å²) in [5.74, 6) is 0.781. The summed E-state index contributed by atoms with van der Waals surface area (Å²) >= 11 is 0. The Kier molecular flexibility index (Phi) is 8.43. The number of amides is 2. The molecule has 0 radical (unpaired) electrons. The number of benzene rings is 3. The molecule has 8 nitrogen and oxygen atoms in total. The van der Waals surface area contributed by atoms with Crippen molar-refractivity contribution < 1.29 is 14.1 Å². The topological polar surface area (TPSA) is 100 Å². The third-order valence-corrected chi connectivity index (χ3v) is 7.07. The van der Waals surface area contributed by atoms with Crippen molar-refractivity contribution in [1.82, 2.24) is 20.4 Å². The molecule has 1 saturated heterocycles. The number of piperidine rings is 1. The molecule has 0 bridgehead atoms. The van der Waals surface area contributed by atoms with E-state index < -0.39 is 0 Å². The summed E-state index contributed by atoms with van der Waals surface area (Å²) in [6.07, 6.45) is 2.18. The van der Waals surface area contributed by atoms with E-state index in [0.29, 0.717) is 36.1 Å².